The molecule has 6 rings (SSSR count). The van der Waals surface area contributed by atoms with E-state index in [0.717, 1.165) is 58.5 Å². The largest absolute Gasteiger partial charge is 0.455 e. The summed E-state index contributed by atoms with van der Waals surface area (Å²) in [6, 6.07) is 16.9. The van der Waals surface area contributed by atoms with Crippen LogP contribution in [0.5, 0.6) is 11.5 Å². The van der Waals surface area contributed by atoms with Gasteiger partial charge in [0.2, 0.25) is 0 Å². The first-order valence-corrected chi connectivity index (χ1v) is 13.1. The van der Waals surface area contributed by atoms with E-state index in [4.69, 9.17) is 9.47 Å². The fourth-order valence-electron chi connectivity index (χ4n) is 5.07. The monoisotopic (exact) mass is 490 g/mol. The minimum absolute atomic E-state index is 0.0753. The van der Waals surface area contributed by atoms with Crippen LogP contribution in [0.2, 0.25) is 0 Å². The maximum atomic E-state index is 12.3. The molecular weight excluding hydrogens is 460 g/mol. The maximum Gasteiger partial charge on any atom is 0.271 e. The highest BCUT2D eigenvalue weighted by molar-refractivity contribution is 7.99. The summed E-state index contributed by atoms with van der Waals surface area (Å²) >= 11 is 1.74. The molecule has 0 aliphatic carbocycles. The van der Waals surface area contributed by atoms with E-state index in [1.54, 1.807) is 18.0 Å². The third kappa shape index (κ3) is 4.66. The van der Waals surface area contributed by atoms with E-state index >= 15 is 0 Å². The Kier molecular flexibility index (Phi) is 6.18. The predicted molar refractivity (Wildman–Crippen MR) is 139 cm³/mol. The van der Waals surface area contributed by atoms with E-state index in [1.165, 1.54) is 0 Å². The number of aromatic nitrogens is 1. The van der Waals surface area contributed by atoms with Crippen LogP contribution in [0.4, 0.5) is 11.4 Å². The van der Waals surface area contributed by atoms with Crippen LogP contribution in [0.3, 0.4) is 0 Å². The smallest absolute Gasteiger partial charge is 0.271 e. The molecule has 3 aliphatic heterocycles. The number of morpholine rings is 1. The van der Waals surface area contributed by atoms with Crippen molar-refractivity contribution in [2.24, 2.45) is 0 Å². The van der Waals surface area contributed by atoms with Crippen molar-refractivity contribution in [2.45, 2.75) is 34.8 Å². The highest BCUT2D eigenvalue weighted by Gasteiger charge is 2.30. The second-order valence-corrected chi connectivity index (χ2v) is 10.5. The third-order valence-electron chi connectivity index (χ3n) is 7.03. The first-order chi connectivity index (χ1) is 17.1. The molecular formula is C27H30N4O3S. The van der Waals surface area contributed by atoms with Gasteiger partial charge in [-0.05, 0) is 69.4 Å². The number of piperidine rings is 1. The Morgan fingerprint density at radius 3 is 2.80 bits per heavy atom. The second-order valence-electron chi connectivity index (χ2n) is 9.45. The molecule has 35 heavy (non-hydrogen) atoms. The molecule has 0 amide bonds. The number of likely N-dealkylation sites (tertiary alicyclic amines) is 1. The second kappa shape index (κ2) is 9.60. The number of fused-ring (bicyclic) bond motifs is 2. The third-order valence-corrected chi connectivity index (χ3v) is 8.11. The normalized spacial score (nSPS) is 20.6. The molecule has 2 fully saturated rings. The zero-order chi connectivity index (χ0) is 23.8. The first kappa shape index (κ1) is 22.5. The van der Waals surface area contributed by atoms with Gasteiger partial charge in [0.1, 0.15) is 23.3 Å². The molecule has 2 saturated heterocycles. The minimum Gasteiger partial charge on any atom is -0.455 e. The highest BCUT2D eigenvalue weighted by Crippen LogP contribution is 2.50. The molecule has 1 unspecified atom stereocenters. The van der Waals surface area contributed by atoms with Crippen LogP contribution in [-0.2, 0) is 4.74 Å². The predicted octanol–water partition coefficient (Wildman–Crippen LogP) is 4.72. The van der Waals surface area contributed by atoms with Crippen molar-refractivity contribution in [1.82, 2.24) is 9.88 Å². The SMILES string of the molecule is CN1CCC(Nc2ccc3c(c2)Sc2cccc(C4CN(c5ccc[nH]c5=O)CCO4)c2O3)CC1. The van der Waals surface area contributed by atoms with Gasteiger partial charge in [-0.1, -0.05) is 23.9 Å². The Hall–Kier alpha value is -2.94. The Bertz CT molecular complexity index is 1270. The summed E-state index contributed by atoms with van der Waals surface area (Å²) < 4.78 is 12.6. The van der Waals surface area contributed by atoms with Crippen molar-refractivity contribution in [2.75, 3.05) is 50.1 Å². The van der Waals surface area contributed by atoms with E-state index in [1.807, 2.05) is 12.1 Å². The summed E-state index contributed by atoms with van der Waals surface area (Å²) in [5, 5.41) is 3.71. The van der Waals surface area contributed by atoms with Crippen molar-refractivity contribution >= 4 is 23.1 Å². The van der Waals surface area contributed by atoms with E-state index in [0.29, 0.717) is 31.4 Å². The number of aromatic amines is 1. The van der Waals surface area contributed by atoms with E-state index < -0.39 is 0 Å². The summed E-state index contributed by atoms with van der Waals surface area (Å²) in [5.41, 5.74) is 2.77. The lowest BCUT2D eigenvalue weighted by Gasteiger charge is -2.35. The van der Waals surface area contributed by atoms with Crippen LogP contribution in [0.15, 0.2) is 69.3 Å². The summed E-state index contributed by atoms with van der Waals surface area (Å²) in [6.07, 6.45) is 3.81. The lowest BCUT2D eigenvalue weighted by Crippen LogP contribution is -2.41. The minimum atomic E-state index is -0.175. The Balaban J connectivity index is 1.21. The van der Waals surface area contributed by atoms with Crippen LogP contribution >= 0.6 is 11.8 Å². The number of para-hydroxylation sites is 1. The average molecular weight is 491 g/mol. The Labute approximate surface area is 209 Å². The van der Waals surface area contributed by atoms with E-state index in [-0.39, 0.29) is 11.7 Å². The summed E-state index contributed by atoms with van der Waals surface area (Å²) in [5.74, 6) is 1.73. The van der Waals surface area contributed by atoms with Crippen LogP contribution < -0.4 is 20.5 Å². The molecule has 2 N–H and O–H groups in total. The zero-order valence-corrected chi connectivity index (χ0v) is 20.6. The molecule has 0 spiro atoms. The fraction of sp³-hybridized carbons (Fsp3) is 0.370. The fourth-order valence-corrected chi connectivity index (χ4v) is 6.10. The van der Waals surface area contributed by atoms with Crippen molar-refractivity contribution in [3.63, 3.8) is 0 Å². The summed E-state index contributed by atoms with van der Waals surface area (Å²) in [6.45, 7) is 4.11. The number of anilines is 2. The molecule has 3 aromatic rings. The molecule has 182 valence electrons. The number of hydrogen-bond acceptors (Lipinski definition) is 7. The molecule has 8 heteroatoms. The highest BCUT2D eigenvalue weighted by atomic mass is 32.2. The van der Waals surface area contributed by atoms with Gasteiger partial charge in [-0.2, -0.15) is 0 Å². The van der Waals surface area contributed by atoms with Gasteiger partial charge in [0, 0.05) is 36.6 Å². The van der Waals surface area contributed by atoms with Gasteiger partial charge in [0.05, 0.1) is 16.4 Å². The molecule has 1 aromatic heterocycles. The number of benzene rings is 2. The summed E-state index contributed by atoms with van der Waals surface area (Å²) in [4.78, 5) is 21.8. The topological polar surface area (TPSA) is 69.8 Å². The Morgan fingerprint density at radius 1 is 1.06 bits per heavy atom. The van der Waals surface area contributed by atoms with Crippen molar-refractivity contribution in [1.29, 1.82) is 0 Å². The number of pyridine rings is 1. The number of rotatable bonds is 4. The van der Waals surface area contributed by atoms with E-state index in [2.05, 4.69) is 63.5 Å². The van der Waals surface area contributed by atoms with Gasteiger partial charge in [-0.15, -0.1) is 0 Å². The zero-order valence-electron chi connectivity index (χ0n) is 19.8. The van der Waals surface area contributed by atoms with Crippen molar-refractivity contribution in [3.8, 4) is 11.5 Å². The number of ether oxygens (including phenoxy) is 2. The van der Waals surface area contributed by atoms with Gasteiger partial charge in [-0.3, -0.25) is 4.79 Å². The number of hydrogen-bond donors (Lipinski definition) is 2. The van der Waals surface area contributed by atoms with Crippen LogP contribution in [-0.4, -0.2) is 55.8 Å². The molecule has 7 nitrogen and oxygen atoms in total. The first-order valence-electron chi connectivity index (χ1n) is 12.3. The average Bonchev–Trinajstić information content (AvgIpc) is 2.89. The lowest BCUT2D eigenvalue weighted by atomic mass is 10.1. The standard InChI is InChI=1S/C27H30N4O3S/c1-30-12-9-18(10-13-30)29-19-7-8-22-25(16-19)35-24-6-2-4-20(26(24)34-22)23-17-31(14-15-33-23)21-5-3-11-28-27(21)32/h2-8,11,16,18,23,29H,9-10,12-15,17H2,1H3,(H,28,32). The number of H-pyrrole nitrogens is 1. The molecule has 0 bridgehead atoms. The van der Waals surface area contributed by atoms with Crippen LogP contribution in [0.1, 0.15) is 24.5 Å². The molecule has 0 saturated carbocycles. The molecule has 3 aliphatic rings. The summed E-state index contributed by atoms with van der Waals surface area (Å²) in [7, 11) is 2.19. The van der Waals surface area contributed by atoms with Gasteiger partial charge < -0.3 is 29.6 Å². The van der Waals surface area contributed by atoms with Crippen LogP contribution in [0, 0.1) is 0 Å². The molecule has 1 atom stereocenters. The number of nitrogens with one attached hydrogen (secondary N) is 2. The maximum absolute atomic E-state index is 12.3. The van der Waals surface area contributed by atoms with E-state index in [9.17, 15) is 4.79 Å². The van der Waals surface area contributed by atoms with Gasteiger partial charge in [-0.25, -0.2) is 0 Å². The quantitative estimate of drug-likeness (QED) is 0.429. The van der Waals surface area contributed by atoms with Gasteiger partial charge in [0.15, 0.2) is 0 Å². The van der Waals surface area contributed by atoms with Crippen molar-refractivity contribution in [3.05, 3.63) is 70.6 Å². The molecule has 2 aromatic carbocycles. The molecule has 0 radical (unpaired) electrons. The lowest BCUT2D eigenvalue weighted by molar-refractivity contribution is 0.0382. The van der Waals surface area contributed by atoms with Crippen LogP contribution in [0.25, 0.3) is 0 Å². The Morgan fingerprint density at radius 2 is 1.94 bits per heavy atom. The van der Waals surface area contributed by atoms with Gasteiger partial charge >= 0.3 is 0 Å². The van der Waals surface area contributed by atoms with Crippen molar-refractivity contribution < 1.29 is 9.47 Å². The molecule has 4 heterocycles. The van der Waals surface area contributed by atoms with Gasteiger partial charge in [0.25, 0.3) is 5.56 Å². The number of nitrogens with zero attached hydrogens (tertiary/aromatic N) is 2.